The van der Waals surface area contributed by atoms with Gasteiger partial charge in [-0.15, -0.1) is 0 Å². The quantitative estimate of drug-likeness (QED) is 0.825. The molecule has 27 heavy (non-hydrogen) atoms. The number of hydrogen-bond acceptors (Lipinski definition) is 5. The topological polar surface area (TPSA) is 47.5 Å². The van der Waals surface area contributed by atoms with Gasteiger partial charge < -0.3 is 9.47 Å². The highest BCUT2D eigenvalue weighted by Gasteiger charge is 2.14. The molecule has 0 radical (unpaired) electrons. The van der Waals surface area contributed by atoms with Gasteiger partial charge in [0.05, 0.1) is 25.1 Å². The largest absolute Gasteiger partial charge is 0.474 e. The summed E-state index contributed by atoms with van der Waals surface area (Å²) in [5, 5.41) is 0. The molecule has 0 unspecified atom stereocenters. The molecule has 0 saturated heterocycles. The van der Waals surface area contributed by atoms with Gasteiger partial charge in [-0.1, -0.05) is 30.3 Å². The van der Waals surface area contributed by atoms with Crippen LogP contribution in [0.4, 0.5) is 0 Å². The van der Waals surface area contributed by atoms with Gasteiger partial charge in [-0.05, 0) is 57.7 Å². The third kappa shape index (κ3) is 6.92. The summed E-state index contributed by atoms with van der Waals surface area (Å²) < 4.78 is 11.5. The standard InChI is InChI=1S/C22H31N3O2/c1-19-18-26-14-15-27-22-17-23-16-21(24-22)11-5-6-12-25(19)13-7-10-20-8-3-2-4-9-20/h2-4,8-9,16-17,19H,5-7,10-15,18H2,1H3/t19-/m0/s1. The van der Waals surface area contributed by atoms with Gasteiger partial charge in [0.1, 0.15) is 6.61 Å². The van der Waals surface area contributed by atoms with E-state index in [1.165, 1.54) is 12.0 Å². The van der Waals surface area contributed by atoms with Crippen molar-refractivity contribution in [2.45, 2.75) is 45.1 Å². The Morgan fingerprint density at radius 3 is 2.89 bits per heavy atom. The Bertz CT molecular complexity index is 666. The Morgan fingerprint density at radius 1 is 1.11 bits per heavy atom. The maximum Gasteiger partial charge on any atom is 0.232 e. The monoisotopic (exact) mass is 369 g/mol. The highest BCUT2D eigenvalue weighted by atomic mass is 16.5. The van der Waals surface area contributed by atoms with Crippen LogP contribution in [0.15, 0.2) is 42.7 Å². The van der Waals surface area contributed by atoms with Crippen molar-refractivity contribution in [3.63, 3.8) is 0 Å². The van der Waals surface area contributed by atoms with E-state index in [1.807, 2.05) is 6.20 Å². The minimum atomic E-state index is 0.418. The van der Waals surface area contributed by atoms with Crippen LogP contribution >= 0.6 is 0 Å². The summed E-state index contributed by atoms with van der Waals surface area (Å²) in [5.74, 6) is 0.601. The van der Waals surface area contributed by atoms with Crippen LogP contribution in [0, 0.1) is 0 Å². The van der Waals surface area contributed by atoms with Crippen LogP contribution in [-0.4, -0.2) is 53.8 Å². The molecule has 5 nitrogen and oxygen atoms in total. The number of hydrogen-bond donors (Lipinski definition) is 0. The number of nitrogens with zero attached hydrogens (tertiary/aromatic N) is 3. The molecule has 1 atom stereocenters. The molecular weight excluding hydrogens is 338 g/mol. The van der Waals surface area contributed by atoms with Crippen LogP contribution in [-0.2, 0) is 17.6 Å². The summed E-state index contributed by atoms with van der Waals surface area (Å²) in [6.45, 7) is 6.30. The summed E-state index contributed by atoms with van der Waals surface area (Å²) in [4.78, 5) is 11.3. The average Bonchev–Trinajstić information content (AvgIpc) is 2.70. The predicted molar refractivity (Wildman–Crippen MR) is 107 cm³/mol. The lowest BCUT2D eigenvalue weighted by Crippen LogP contribution is -2.38. The molecular formula is C22H31N3O2. The van der Waals surface area contributed by atoms with E-state index in [1.54, 1.807) is 6.20 Å². The first kappa shape index (κ1) is 19.8. The van der Waals surface area contributed by atoms with Gasteiger partial charge in [0.15, 0.2) is 0 Å². The third-order valence-corrected chi connectivity index (χ3v) is 5.00. The molecule has 2 bridgehead atoms. The van der Waals surface area contributed by atoms with Gasteiger partial charge >= 0.3 is 0 Å². The van der Waals surface area contributed by atoms with Crippen LogP contribution in [0.3, 0.4) is 0 Å². The molecule has 0 aliphatic carbocycles. The zero-order valence-electron chi connectivity index (χ0n) is 16.3. The first-order valence-corrected chi connectivity index (χ1v) is 10.1. The fourth-order valence-electron chi connectivity index (χ4n) is 3.45. The van der Waals surface area contributed by atoms with Crippen molar-refractivity contribution in [3.8, 4) is 5.88 Å². The van der Waals surface area contributed by atoms with Crippen molar-refractivity contribution in [2.24, 2.45) is 0 Å². The first-order valence-electron chi connectivity index (χ1n) is 10.1. The molecule has 146 valence electrons. The molecule has 1 aromatic carbocycles. The predicted octanol–water partition coefficient (Wildman–Crippen LogP) is 3.53. The van der Waals surface area contributed by atoms with Gasteiger partial charge in [-0.2, -0.15) is 0 Å². The minimum Gasteiger partial charge on any atom is -0.474 e. The lowest BCUT2D eigenvalue weighted by Gasteiger charge is -2.29. The van der Waals surface area contributed by atoms with Gasteiger partial charge in [0.2, 0.25) is 5.88 Å². The lowest BCUT2D eigenvalue weighted by atomic mass is 10.1. The number of aryl methyl sites for hydroxylation is 2. The fraction of sp³-hybridized carbons (Fsp3) is 0.545. The van der Waals surface area contributed by atoms with Crippen molar-refractivity contribution >= 4 is 0 Å². The minimum absolute atomic E-state index is 0.418. The lowest BCUT2D eigenvalue weighted by molar-refractivity contribution is 0.0478. The Labute approximate surface area is 162 Å². The maximum absolute atomic E-state index is 5.84. The molecule has 1 aliphatic heterocycles. The average molecular weight is 370 g/mol. The number of rotatable bonds is 4. The van der Waals surface area contributed by atoms with Crippen molar-refractivity contribution in [2.75, 3.05) is 32.9 Å². The van der Waals surface area contributed by atoms with E-state index >= 15 is 0 Å². The number of ether oxygens (including phenoxy) is 2. The smallest absolute Gasteiger partial charge is 0.232 e. The van der Waals surface area contributed by atoms with E-state index in [-0.39, 0.29) is 0 Å². The number of benzene rings is 1. The normalized spacial score (nSPS) is 19.8. The second-order valence-electron chi connectivity index (χ2n) is 7.20. The Hall–Kier alpha value is -1.98. The SMILES string of the molecule is C[C@H]1COCCOc2cncc(n2)CCCCN1CCCc1ccccc1. The van der Waals surface area contributed by atoms with Crippen molar-refractivity contribution in [1.82, 2.24) is 14.9 Å². The van der Waals surface area contributed by atoms with Crippen molar-refractivity contribution in [1.29, 1.82) is 0 Å². The van der Waals surface area contributed by atoms with Gasteiger partial charge in [-0.3, -0.25) is 9.88 Å². The summed E-state index contributed by atoms with van der Waals surface area (Å²) >= 11 is 0. The summed E-state index contributed by atoms with van der Waals surface area (Å²) in [5.41, 5.74) is 2.42. The number of fused-ring (bicyclic) bond motifs is 2. The van der Waals surface area contributed by atoms with Gasteiger partial charge in [-0.25, -0.2) is 4.98 Å². The van der Waals surface area contributed by atoms with Gasteiger partial charge in [0.25, 0.3) is 0 Å². The molecule has 0 fully saturated rings. The van der Waals surface area contributed by atoms with E-state index in [9.17, 15) is 0 Å². The van der Waals surface area contributed by atoms with Gasteiger partial charge in [0, 0.05) is 12.2 Å². The van der Waals surface area contributed by atoms with Crippen LogP contribution in [0.2, 0.25) is 0 Å². The molecule has 0 saturated carbocycles. The van der Waals surface area contributed by atoms with E-state index in [4.69, 9.17) is 9.47 Å². The van der Waals surface area contributed by atoms with Crippen LogP contribution < -0.4 is 4.74 Å². The van der Waals surface area contributed by atoms with E-state index in [0.717, 1.165) is 51.1 Å². The molecule has 0 spiro atoms. The Kier molecular flexibility index (Phi) is 8.05. The molecule has 1 aromatic heterocycles. The van der Waals surface area contributed by atoms with E-state index < -0.39 is 0 Å². The molecule has 3 rings (SSSR count). The zero-order valence-corrected chi connectivity index (χ0v) is 16.3. The zero-order chi connectivity index (χ0) is 18.7. The molecule has 2 aromatic rings. The highest BCUT2D eigenvalue weighted by Crippen LogP contribution is 2.12. The molecule has 1 aliphatic rings. The van der Waals surface area contributed by atoms with Crippen molar-refractivity contribution in [3.05, 3.63) is 54.0 Å². The molecule has 2 heterocycles. The fourth-order valence-corrected chi connectivity index (χ4v) is 3.45. The Morgan fingerprint density at radius 2 is 2.00 bits per heavy atom. The van der Waals surface area contributed by atoms with Crippen LogP contribution in [0.1, 0.15) is 37.4 Å². The van der Waals surface area contributed by atoms with Crippen molar-refractivity contribution < 1.29 is 9.47 Å². The maximum atomic E-state index is 5.84. The molecule has 0 N–H and O–H groups in total. The second-order valence-corrected chi connectivity index (χ2v) is 7.20. The van der Waals surface area contributed by atoms with Crippen LogP contribution in [0.25, 0.3) is 0 Å². The summed E-state index contributed by atoms with van der Waals surface area (Å²) in [6.07, 6.45) is 9.03. The van der Waals surface area contributed by atoms with E-state index in [0.29, 0.717) is 25.1 Å². The third-order valence-electron chi connectivity index (χ3n) is 5.00. The first-order chi connectivity index (χ1) is 13.3. The summed E-state index contributed by atoms with van der Waals surface area (Å²) in [6, 6.07) is 11.2. The Balaban J connectivity index is 1.52. The van der Waals surface area contributed by atoms with E-state index in [2.05, 4.69) is 52.1 Å². The van der Waals surface area contributed by atoms with Crippen LogP contribution in [0.5, 0.6) is 5.88 Å². The highest BCUT2D eigenvalue weighted by molar-refractivity contribution is 5.14. The molecule has 5 heteroatoms. The second kappa shape index (κ2) is 11.0. The number of aromatic nitrogens is 2. The molecule has 0 amide bonds. The summed E-state index contributed by atoms with van der Waals surface area (Å²) in [7, 11) is 0.